The largest absolute Gasteiger partial charge is 0.478 e. The lowest BCUT2D eigenvalue weighted by Gasteiger charge is -2.22. The Morgan fingerprint density at radius 1 is 1.30 bits per heavy atom. The lowest BCUT2D eigenvalue weighted by molar-refractivity contribution is -0.144. The van der Waals surface area contributed by atoms with E-state index in [-0.39, 0.29) is 17.8 Å². The first-order chi connectivity index (χ1) is 12.6. The van der Waals surface area contributed by atoms with Crippen molar-refractivity contribution in [1.82, 2.24) is 15.1 Å². The summed E-state index contributed by atoms with van der Waals surface area (Å²) >= 11 is 0. The zero-order chi connectivity index (χ0) is 20.2. The maximum Gasteiger partial charge on any atom is 0.346 e. The fourth-order valence-electron chi connectivity index (χ4n) is 2.62. The van der Waals surface area contributed by atoms with Gasteiger partial charge in [-0.1, -0.05) is 6.92 Å². The molecule has 1 heterocycles. The highest BCUT2D eigenvalue weighted by Gasteiger charge is 2.25. The molecule has 27 heavy (non-hydrogen) atoms. The molecule has 0 bridgehead atoms. The summed E-state index contributed by atoms with van der Waals surface area (Å²) in [5.74, 6) is -1.91. The first kappa shape index (κ1) is 20.4. The van der Waals surface area contributed by atoms with Gasteiger partial charge in [-0.2, -0.15) is 5.10 Å². The molecule has 0 aliphatic heterocycles. The van der Waals surface area contributed by atoms with Crippen molar-refractivity contribution in [3.05, 3.63) is 47.5 Å². The summed E-state index contributed by atoms with van der Waals surface area (Å²) in [5.41, 5.74) is 0.892. The molecule has 7 nitrogen and oxygen atoms in total. The second kappa shape index (κ2) is 8.20. The molecule has 0 aliphatic rings. The number of aliphatic carboxylic acids is 1. The minimum absolute atomic E-state index is 0.202. The maximum absolute atomic E-state index is 12.9. The average molecular weight is 377 g/mol. The summed E-state index contributed by atoms with van der Waals surface area (Å²) in [6.45, 7) is 7.64. The smallest absolute Gasteiger partial charge is 0.346 e. The van der Waals surface area contributed by atoms with Gasteiger partial charge in [-0.05, 0) is 51.5 Å². The first-order valence-corrected chi connectivity index (χ1v) is 8.64. The third kappa shape index (κ3) is 5.06. The maximum atomic E-state index is 12.9. The van der Waals surface area contributed by atoms with Crippen LogP contribution >= 0.6 is 0 Å². The van der Waals surface area contributed by atoms with Gasteiger partial charge in [0.1, 0.15) is 11.6 Å². The predicted molar refractivity (Wildman–Crippen MR) is 97.4 cm³/mol. The van der Waals surface area contributed by atoms with Crippen molar-refractivity contribution in [2.75, 3.05) is 6.54 Å². The van der Waals surface area contributed by atoms with Crippen LogP contribution in [0.15, 0.2) is 30.5 Å². The van der Waals surface area contributed by atoms with Gasteiger partial charge in [-0.15, -0.1) is 0 Å². The summed E-state index contributed by atoms with van der Waals surface area (Å²) in [5, 5.41) is 16.2. The molecule has 0 fully saturated rings. The lowest BCUT2D eigenvalue weighted by atomic mass is 10.1. The van der Waals surface area contributed by atoms with Gasteiger partial charge < -0.3 is 15.2 Å². The molecule has 2 rings (SSSR count). The molecular formula is C19H24FN3O4. The number of carbonyl (C=O) groups is 2. The molecule has 146 valence electrons. The Kier molecular flexibility index (Phi) is 6.20. The van der Waals surface area contributed by atoms with E-state index in [1.165, 1.54) is 30.5 Å². The van der Waals surface area contributed by atoms with Crippen LogP contribution in [0.4, 0.5) is 4.39 Å². The summed E-state index contributed by atoms with van der Waals surface area (Å²) < 4.78 is 20.1. The van der Waals surface area contributed by atoms with Crippen LogP contribution in [0.3, 0.4) is 0 Å². The van der Waals surface area contributed by atoms with Gasteiger partial charge in [-0.25, -0.2) is 9.18 Å². The average Bonchev–Trinajstić information content (AvgIpc) is 3.04. The number of hydrogen-bond donors (Lipinski definition) is 2. The highest BCUT2D eigenvalue weighted by molar-refractivity contribution is 5.95. The van der Waals surface area contributed by atoms with E-state index >= 15 is 0 Å². The fraction of sp³-hybridized carbons (Fsp3) is 0.421. The van der Waals surface area contributed by atoms with E-state index in [1.807, 2.05) is 27.7 Å². The van der Waals surface area contributed by atoms with E-state index in [2.05, 4.69) is 10.4 Å². The highest BCUT2D eigenvalue weighted by Crippen LogP contribution is 2.20. The van der Waals surface area contributed by atoms with Crippen molar-refractivity contribution >= 4 is 11.9 Å². The first-order valence-electron chi connectivity index (χ1n) is 8.64. The molecule has 0 saturated carbocycles. The molecule has 1 aromatic heterocycles. The Balaban J connectivity index is 2.09. The van der Waals surface area contributed by atoms with E-state index in [0.717, 1.165) is 5.69 Å². The standard InChI is InChI=1S/C19H24FN3O4/c1-5-15-14(10-22-23(15)19(2,3)4)17(24)21-11-16(18(25)26)27-13-8-6-12(20)7-9-13/h6-10,16H,5,11H2,1-4H3,(H,21,24)(H,25,26). The Hall–Kier alpha value is -2.90. The number of aromatic nitrogens is 2. The van der Waals surface area contributed by atoms with Crippen molar-refractivity contribution in [3.63, 3.8) is 0 Å². The normalized spacial score (nSPS) is 12.5. The van der Waals surface area contributed by atoms with Gasteiger partial charge in [0.25, 0.3) is 5.91 Å². The van der Waals surface area contributed by atoms with Crippen LogP contribution in [-0.4, -0.2) is 39.4 Å². The summed E-state index contributed by atoms with van der Waals surface area (Å²) in [6, 6.07) is 4.99. The van der Waals surface area contributed by atoms with Crippen LogP contribution in [0, 0.1) is 5.82 Å². The van der Waals surface area contributed by atoms with Crippen molar-refractivity contribution in [2.24, 2.45) is 0 Å². The van der Waals surface area contributed by atoms with Gasteiger partial charge in [0.2, 0.25) is 6.10 Å². The number of nitrogens with one attached hydrogen (secondary N) is 1. The number of benzene rings is 1. The van der Waals surface area contributed by atoms with Crippen LogP contribution in [-0.2, 0) is 16.8 Å². The molecule has 1 unspecified atom stereocenters. The van der Waals surface area contributed by atoms with Crippen molar-refractivity contribution < 1.29 is 23.8 Å². The number of hydrogen-bond acceptors (Lipinski definition) is 4. The molecule has 2 N–H and O–H groups in total. The molecule has 0 spiro atoms. The molecule has 8 heteroatoms. The molecule has 1 amide bonds. The van der Waals surface area contributed by atoms with E-state index in [0.29, 0.717) is 12.0 Å². The highest BCUT2D eigenvalue weighted by atomic mass is 19.1. The second-order valence-corrected chi connectivity index (χ2v) is 7.05. The SMILES string of the molecule is CCc1c(C(=O)NCC(Oc2ccc(F)cc2)C(=O)O)cnn1C(C)(C)C. The number of rotatable bonds is 7. The third-order valence-corrected chi connectivity index (χ3v) is 3.90. The topological polar surface area (TPSA) is 93.4 Å². The van der Waals surface area contributed by atoms with Gasteiger partial charge in [0.15, 0.2) is 0 Å². The zero-order valence-corrected chi connectivity index (χ0v) is 15.8. The second-order valence-electron chi connectivity index (χ2n) is 7.05. The monoisotopic (exact) mass is 377 g/mol. The van der Waals surface area contributed by atoms with Gasteiger partial charge in [0.05, 0.1) is 29.5 Å². The Labute approximate surface area is 157 Å². The number of amides is 1. The fourth-order valence-corrected chi connectivity index (χ4v) is 2.62. The third-order valence-electron chi connectivity index (χ3n) is 3.90. The quantitative estimate of drug-likeness (QED) is 0.774. The van der Waals surface area contributed by atoms with Crippen molar-refractivity contribution in [2.45, 2.75) is 45.8 Å². The van der Waals surface area contributed by atoms with E-state index in [4.69, 9.17) is 4.74 Å². The molecule has 1 aromatic carbocycles. The lowest BCUT2D eigenvalue weighted by Crippen LogP contribution is -2.40. The van der Waals surface area contributed by atoms with Crippen molar-refractivity contribution in [1.29, 1.82) is 0 Å². The summed E-state index contributed by atoms with van der Waals surface area (Å²) in [4.78, 5) is 23.9. The molecule has 2 aromatic rings. The molecule has 0 radical (unpaired) electrons. The zero-order valence-electron chi connectivity index (χ0n) is 15.8. The minimum atomic E-state index is -1.30. The molecule has 1 atom stereocenters. The van der Waals surface area contributed by atoms with Crippen LogP contribution < -0.4 is 10.1 Å². The van der Waals surface area contributed by atoms with Gasteiger partial charge in [0, 0.05) is 0 Å². The molecule has 0 aliphatic carbocycles. The van der Waals surface area contributed by atoms with Gasteiger partial charge >= 0.3 is 5.97 Å². The van der Waals surface area contributed by atoms with E-state index in [9.17, 15) is 19.1 Å². The number of halogens is 1. The Bertz CT molecular complexity index is 809. The number of carbonyl (C=O) groups excluding carboxylic acids is 1. The summed E-state index contributed by atoms with van der Waals surface area (Å²) in [6.07, 6.45) is 0.784. The van der Waals surface area contributed by atoms with Crippen molar-refractivity contribution in [3.8, 4) is 5.75 Å². The van der Waals surface area contributed by atoms with Crippen LogP contribution in [0.5, 0.6) is 5.75 Å². The molecule has 0 saturated heterocycles. The Morgan fingerprint density at radius 2 is 1.93 bits per heavy atom. The number of nitrogens with zero attached hydrogens (tertiary/aromatic N) is 2. The van der Waals surface area contributed by atoms with Crippen LogP contribution in [0.1, 0.15) is 43.7 Å². The van der Waals surface area contributed by atoms with Gasteiger partial charge in [-0.3, -0.25) is 9.48 Å². The predicted octanol–water partition coefficient (Wildman–Crippen LogP) is 2.60. The Morgan fingerprint density at radius 3 is 2.44 bits per heavy atom. The number of ether oxygens (including phenoxy) is 1. The minimum Gasteiger partial charge on any atom is -0.478 e. The summed E-state index contributed by atoms with van der Waals surface area (Å²) in [7, 11) is 0. The van der Waals surface area contributed by atoms with Crippen LogP contribution in [0.25, 0.3) is 0 Å². The number of carboxylic acids is 1. The van der Waals surface area contributed by atoms with Crippen LogP contribution in [0.2, 0.25) is 0 Å². The number of carboxylic acid groups (broad SMARTS) is 1. The molecular weight excluding hydrogens is 353 g/mol. The van der Waals surface area contributed by atoms with E-state index in [1.54, 1.807) is 4.68 Å². The van der Waals surface area contributed by atoms with E-state index < -0.39 is 23.8 Å².